The number of likely N-dealkylation sites (N-methyl/N-ethyl adjacent to an activating group) is 1. The first kappa shape index (κ1) is 15.7. The van der Waals surface area contributed by atoms with Gasteiger partial charge in [0.2, 0.25) is 0 Å². The summed E-state index contributed by atoms with van der Waals surface area (Å²) < 4.78 is 0. The minimum Gasteiger partial charge on any atom is -0.353 e. The van der Waals surface area contributed by atoms with E-state index in [1.807, 2.05) is 6.08 Å². The third-order valence-electron chi connectivity index (χ3n) is 3.10. The lowest BCUT2D eigenvalue weighted by molar-refractivity contribution is 0.673. The number of hydrogen-bond acceptors (Lipinski definition) is 3. The number of aryl methyl sites for hydroxylation is 1. The predicted octanol–water partition coefficient (Wildman–Crippen LogP) is 3.16. The zero-order chi connectivity index (χ0) is 14.1. The third-order valence-corrected chi connectivity index (χ3v) is 3.10. The lowest BCUT2D eigenvalue weighted by atomic mass is 10.2. The molecule has 0 amide bonds. The summed E-state index contributed by atoms with van der Waals surface area (Å²) in [4.78, 5) is 6.97. The molecular weight excluding hydrogens is 234 g/mol. The van der Waals surface area contributed by atoms with Crippen molar-refractivity contribution in [3.63, 3.8) is 0 Å². The molecule has 106 valence electrons. The van der Waals surface area contributed by atoms with Crippen molar-refractivity contribution in [1.29, 1.82) is 0 Å². The Morgan fingerprint density at radius 2 is 2.11 bits per heavy atom. The highest BCUT2D eigenvalue weighted by molar-refractivity contribution is 5.43. The number of rotatable bonds is 9. The molecule has 1 heterocycles. The normalized spacial score (nSPS) is 10.5. The van der Waals surface area contributed by atoms with Crippen molar-refractivity contribution in [1.82, 2.24) is 10.3 Å². The quantitative estimate of drug-likeness (QED) is 0.547. The van der Waals surface area contributed by atoms with Crippen LogP contribution in [0.4, 0.5) is 5.82 Å². The van der Waals surface area contributed by atoms with Crippen molar-refractivity contribution in [2.24, 2.45) is 0 Å². The summed E-state index contributed by atoms with van der Waals surface area (Å²) in [6.07, 6.45) is 4.06. The molecule has 1 N–H and O–H groups in total. The van der Waals surface area contributed by atoms with E-state index >= 15 is 0 Å². The first-order chi connectivity index (χ1) is 9.24. The van der Waals surface area contributed by atoms with Crippen LogP contribution in [0, 0.1) is 0 Å². The van der Waals surface area contributed by atoms with Gasteiger partial charge in [-0.05, 0) is 44.0 Å². The number of hydrogen-bond donors (Lipinski definition) is 1. The molecule has 1 aromatic heterocycles. The number of nitrogens with one attached hydrogen (secondary N) is 1. The second kappa shape index (κ2) is 8.70. The van der Waals surface area contributed by atoms with E-state index in [0.29, 0.717) is 0 Å². The molecule has 1 rings (SSSR count). The molecule has 0 aliphatic heterocycles. The van der Waals surface area contributed by atoms with E-state index in [1.165, 1.54) is 5.56 Å². The molecule has 0 bridgehead atoms. The van der Waals surface area contributed by atoms with Crippen LogP contribution in [-0.4, -0.2) is 24.6 Å². The maximum absolute atomic E-state index is 4.72. The second-order valence-electron chi connectivity index (χ2n) is 4.68. The van der Waals surface area contributed by atoms with Gasteiger partial charge >= 0.3 is 0 Å². The van der Waals surface area contributed by atoms with Gasteiger partial charge in [0, 0.05) is 25.3 Å². The van der Waals surface area contributed by atoms with Gasteiger partial charge in [-0.1, -0.05) is 19.9 Å². The van der Waals surface area contributed by atoms with Crippen LogP contribution < -0.4 is 10.2 Å². The summed E-state index contributed by atoms with van der Waals surface area (Å²) in [5.74, 6) is 1.06. The maximum atomic E-state index is 4.72. The van der Waals surface area contributed by atoms with E-state index in [1.54, 1.807) is 0 Å². The fourth-order valence-electron chi connectivity index (χ4n) is 2.03. The smallest absolute Gasteiger partial charge is 0.129 e. The average molecular weight is 261 g/mol. The average Bonchev–Trinajstić information content (AvgIpc) is 2.44. The van der Waals surface area contributed by atoms with Gasteiger partial charge in [-0.25, -0.2) is 4.98 Å². The Hall–Kier alpha value is -1.35. The van der Waals surface area contributed by atoms with Gasteiger partial charge in [0.25, 0.3) is 0 Å². The molecule has 19 heavy (non-hydrogen) atoms. The van der Waals surface area contributed by atoms with Crippen LogP contribution in [0.1, 0.15) is 38.4 Å². The summed E-state index contributed by atoms with van der Waals surface area (Å²) in [5.41, 5.74) is 2.48. The lowest BCUT2D eigenvalue weighted by Gasteiger charge is -2.21. The summed E-state index contributed by atoms with van der Waals surface area (Å²) >= 11 is 0. The molecule has 0 spiro atoms. The number of pyridine rings is 1. The van der Waals surface area contributed by atoms with Crippen molar-refractivity contribution in [3.8, 4) is 0 Å². The Balaban J connectivity index is 2.89. The molecule has 0 fully saturated rings. The van der Waals surface area contributed by atoms with Crippen molar-refractivity contribution in [2.75, 3.05) is 24.5 Å². The van der Waals surface area contributed by atoms with E-state index in [4.69, 9.17) is 4.98 Å². The largest absolute Gasteiger partial charge is 0.353 e. The first-order valence-corrected chi connectivity index (χ1v) is 7.31. The molecule has 0 radical (unpaired) electrons. The monoisotopic (exact) mass is 261 g/mol. The van der Waals surface area contributed by atoms with Crippen LogP contribution in [0.3, 0.4) is 0 Å². The van der Waals surface area contributed by atoms with Crippen LogP contribution in [0.25, 0.3) is 0 Å². The minimum atomic E-state index is 0.846. The molecule has 3 heteroatoms. The van der Waals surface area contributed by atoms with Gasteiger partial charge in [0.05, 0.1) is 0 Å². The van der Waals surface area contributed by atoms with E-state index in [0.717, 1.165) is 50.5 Å². The maximum Gasteiger partial charge on any atom is 0.129 e. The van der Waals surface area contributed by atoms with E-state index in [2.05, 4.69) is 49.7 Å². The molecule has 0 saturated heterocycles. The van der Waals surface area contributed by atoms with E-state index < -0.39 is 0 Å². The van der Waals surface area contributed by atoms with E-state index in [-0.39, 0.29) is 0 Å². The molecule has 0 aliphatic rings. The molecule has 1 aromatic rings. The van der Waals surface area contributed by atoms with Crippen LogP contribution in [0.2, 0.25) is 0 Å². The Labute approximate surface area is 117 Å². The van der Waals surface area contributed by atoms with Gasteiger partial charge in [0.15, 0.2) is 0 Å². The van der Waals surface area contributed by atoms with Crippen LogP contribution in [-0.2, 0) is 13.0 Å². The van der Waals surface area contributed by atoms with Crippen LogP contribution in [0.5, 0.6) is 0 Å². The lowest BCUT2D eigenvalue weighted by Crippen LogP contribution is -2.24. The van der Waals surface area contributed by atoms with E-state index in [9.17, 15) is 0 Å². The van der Waals surface area contributed by atoms with Crippen molar-refractivity contribution >= 4 is 5.82 Å². The molecule has 3 nitrogen and oxygen atoms in total. The Morgan fingerprint density at radius 1 is 1.32 bits per heavy atom. The summed E-state index contributed by atoms with van der Waals surface area (Å²) in [5, 5.41) is 3.45. The van der Waals surface area contributed by atoms with Crippen molar-refractivity contribution in [2.45, 2.75) is 40.2 Å². The Bertz CT molecular complexity index is 388. The van der Waals surface area contributed by atoms with Gasteiger partial charge in [-0.2, -0.15) is 0 Å². The Kier molecular flexibility index (Phi) is 7.19. The SMILES string of the molecule is C=CCN(CC)c1cc(CNCCC)cc(CC)n1. The molecule has 0 aliphatic carbocycles. The molecular formula is C16H27N3. The second-order valence-corrected chi connectivity index (χ2v) is 4.68. The summed E-state index contributed by atoms with van der Waals surface area (Å²) in [7, 11) is 0. The fourth-order valence-corrected chi connectivity index (χ4v) is 2.03. The highest BCUT2D eigenvalue weighted by Crippen LogP contribution is 2.16. The topological polar surface area (TPSA) is 28.2 Å². The fraction of sp³-hybridized carbons (Fsp3) is 0.562. The van der Waals surface area contributed by atoms with Crippen LogP contribution in [0.15, 0.2) is 24.8 Å². The highest BCUT2D eigenvalue weighted by Gasteiger charge is 2.07. The van der Waals surface area contributed by atoms with Gasteiger partial charge in [-0.15, -0.1) is 6.58 Å². The molecule has 0 atom stereocenters. The zero-order valence-electron chi connectivity index (χ0n) is 12.6. The first-order valence-electron chi connectivity index (χ1n) is 7.31. The van der Waals surface area contributed by atoms with Gasteiger partial charge < -0.3 is 10.2 Å². The standard InChI is InChI=1S/C16H27N3/c1-5-9-17-13-14-11-15(7-3)18-16(12-14)19(8-4)10-6-2/h6,11-12,17H,2,5,7-10,13H2,1,3-4H3. The molecule has 0 saturated carbocycles. The zero-order valence-corrected chi connectivity index (χ0v) is 12.6. The van der Waals surface area contributed by atoms with Crippen LogP contribution >= 0.6 is 0 Å². The van der Waals surface area contributed by atoms with Crippen molar-refractivity contribution in [3.05, 3.63) is 36.0 Å². The molecule has 0 aromatic carbocycles. The molecule has 0 unspecified atom stereocenters. The van der Waals surface area contributed by atoms with Gasteiger partial charge in [0.1, 0.15) is 5.82 Å². The number of nitrogens with zero attached hydrogens (tertiary/aromatic N) is 2. The number of aromatic nitrogens is 1. The highest BCUT2D eigenvalue weighted by atomic mass is 15.2. The third kappa shape index (κ3) is 5.03. The van der Waals surface area contributed by atoms with Crippen molar-refractivity contribution < 1.29 is 0 Å². The van der Waals surface area contributed by atoms with Gasteiger partial charge in [-0.3, -0.25) is 0 Å². The number of anilines is 1. The Morgan fingerprint density at radius 3 is 2.68 bits per heavy atom. The minimum absolute atomic E-state index is 0.846. The summed E-state index contributed by atoms with van der Waals surface area (Å²) in [6.45, 7) is 14.1. The summed E-state index contributed by atoms with van der Waals surface area (Å²) in [6, 6.07) is 4.39. The predicted molar refractivity (Wildman–Crippen MR) is 83.7 cm³/mol.